The molecule has 2 heteroatoms. The molecule has 0 aliphatic carbocycles. The van der Waals surface area contributed by atoms with Crippen LogP contribution < -0.4 is 5.32 Å². The Morgan fingerprint density at radius 3 is 2.41 bits per heavy atom. The molecule has 1 N–H and O–H groups in total. The molecule has 0 fully saturated rings. The maximum absolute atomic E-state index is 4.56. The Bertz CT molecular complexity index is 345. The zero-order valence-corrected chi connectivity index (χ0v) is 11.9. The molecule has 0 aliphatic heterocycles. The fourth-order valence-corrected chi connectivity index (χ4v) is 2.18. The summed E-state index contributed by atoms with van der Waals surface area (Å²) in [6, 6.07) is 4.79. The Hall–Kier alpha value is -0.890. The second-order valence-electron chi connectivity index (χ2n) is 5.21. The fraction of sp³-hybridized carbons (Fsp3) is 0.667. The predicted molar refractivity (Wildman–Crippen MR) is 74.2 cm³/mol. The van der Waals surface area contributed by atoms with Crippen LogP contribution in [0.3, 0.4) is 0 Å². The highest BCUT2D eigenvalue weighted by Crippen LogP contribution is 2.23. The summed E-state index contributed by atoms with van der Waals surface area (Å²) >= 11 is 0. The topological polar surface area (TPSA) is 24.9 Å². The van der Waals surface area contributed by atoms with Gasteiger partial charge in [0.25, 0.3) is 0 Å². The van der Waals surface area contributed by atoms with E-state index in [0.29, 0.717) is 6.04 Å². The zero-order valence-electron chi connectivity index (χ0n) is 11.9. The molecule has 17 heavy (non-hydrogen) atoms. The first-order chi connectivity index (χ1) is 8.04. The highest BCUT2D eigenvalue weighted by molar-refractivity contribution is 5.25. The lowest BCUT2D eigenvalue weighted by Crippen LogP contribution is -2.22. The van der Waals surface area contributed by atoms with Crippen LogP contribution in [0.1, 0.15) is 56.6 Å². The third-order valence-corrected chi connectivity index (χ3v) is 3.12. The number of hydrogen-bond acceptors (Lipinski definition) is 2. The molecule has 0 aromatic carbocycles. The van der Waals surface area contributed by atoms with Crippen LogP contribution in [0.4, 0.5) is 0 Å². The zero-order chi connectivity index (χ0) is 12.8. The van der Waals surface area contributed by atoms with Crippen molar-refractivity contribution in [1.82, 2.24) is 10.3 Å². The largest absolute Gasteiger partial charge is 0.310 e. The third-order valence-electron chi connectivity index (χ3n) is 3.12. The van der Waals surface area contributed by atoms with E-state index in [4.69, 9.17) is 0 Å². The van der Waals surface area contributed by atoms with Crippen LogP contribution in [0.15, 0.2) is 12.1 Å². The Kier molecular flexibility index (Phi) is 5.63. The van der Waals surface area contributed by atoms with Crippen molar-refractivity contribution in [1.29, 1.82) is 0 Å². The van der Waals surface area contributed by atoms with Crippen molar-refractivity contribution in [2.24, 2.45) is 5.92 Å². The van der Waals surface area contributed by atoms with Gasteiger partial charge >= 0.3 is 0 Å². The van der Waals surface area contributed by atoms with Crippen molar-refractivity contribution in [3.63, 3.8) is 0 Å². The van der Waals surface area contributed by atoms with Gasteiger partial charge in [-0.3, -0.25) is 4.98 Å². The minimum atomic E-state index is 0.454. The van der Waals surface area contributed by atoms with E-state index in [0.717, 1.165) is 18.2 Å². The SMILES string of the molecule is CCNC(CCC(C)C)c1ccc(C)nc1C. The lowest BCUT2D eigenvalue weighted by Gasteiger charge is -2.21. The second-order valence-corrected chi connectivity index (χ2v) is 5.21. The van der Waals surface area contributed by atoms with Crippen LogP contribution >= 0.6 is 0 Å². The maximum atomic E-state index is 4.56. The lowest BCUT2D eigenvalue weighted by atomic mass is 9.96. The van der Waals surface area contributed by atoms with E-state index >= 15 is 0 Å². The van der Waals surface area contributed by atoms with Gasteiger partial charge in [0.05, 0.1) is 0 Å². The number of aromatic nitrogens is 1. The van der Waals surface area contributed by atoms with Crippen LogP contribution in [0, 0.1) is 19.8 Å². The van der Waals surface area contributed by atoms with Gasteiger partial charge in [-0.25, -0.2) is 0 Å². The molecule has 0 saturated heterocycles. The van der Waals surface area contributed by atoms with Gasteiger partial charge in [0.1, 0.15) is 0 Å². The molecule has 0 radical (unpaired) electrons. The average molecular weight is 234 g/mol. The summed E-state index contributed by atoms with van der Waals surface area (Å²) in [5.41, 5.74) is 3.63. The van der Waals surface area contributed by atoms with E-state index in [-0.39, 0.29) is 0 Å². The third kappa shape index (κ3) is 4.47. The first-order valence-corrected chi connectivity index (χ1v) is 6.72. The monoisotopic (exact) mass is 234 g/mol. The summed E-state index contributed by atoms with van der Waals surface area (Å²) in [4.78, 5) is 4.56. The number of hydrogen-bond donors (Lipinski definition) is 1. The maximum Gasteiger partial charge on any atom is 0.0423 e. The average Bonchev–Trinajstić information content (AvgIpc) is 2.24. The molecule has 0 spiro atoms. The summed E-state index contributed by atoms with van der Waals surface area (Å²) in [5, 5.41) is 3.57. The molecule has 1 aromatic heterocycles. The molecule has 0 saturated carbocycles. The molecule has 0 bridgehead atoms. The molecule has 1 unspecified atom stereocenters. The highest BCUT2D eigenvalue weighted by Gasteiger charge is 2.13. The van der Waals surface area contributed by atoms with Crippen LogP contribution in [-0.2, 0) is 0 Å². The van der Waals surface area contributed by atoms with Gasteiger partial charge < -0.3 is 5.32 Å². The van der Waals surface area contributed by atoms with Crippen LogP contribution in [0.2, 0.25) is 0 Å². The van der Waals surface area contributed by atoms with Crippen molar-refractivity contribution in [2.75, 3.05) is 6.54 Å². The quantitative estimate of drug-likeness (QED) is 0.810. The number of pyridine rings is 1. The predicted octanol–water partition coefficient (Wildman–Crippen LogP) is 3.79. The number of nitrogens with one attached hydrogen (secondary N) is 1. The van der Waals surface area contributed by atoms with Gasteiger partial charge in [0, 0.05) is 17.4 Å². The van der Waals surface area contributed by atoms with Gasteiger partial charge in [-0.15, -0.1) is 0 Å². The lowest BCUT2D eigenvalue weighted by molar-refractivity contribution is 0.446. The van der Waals surface area contributed by atoms with E-state index < -0.39 is 0 Å². The van der Waals surface area contributed by atoms with Gasteiger partial charge in [-0.1, -0.05) is 26.8 Å². The van der Waals surface area contributed by atoms with Crippen LogP contribution in [0.25, 0.3) is 0 Å². The second kappa shape index (κ2) is 6.75. The molecule has 1 heterocycles. The molecular formula is C15H26N2. The molecule has 1 atom stereocenters. The summed E-state index contributed by atoms with van der Waals surface area (Å²) in [6.45, 7) is 11.9. The highest BCUT2D eigenvalue weighted by atomic mass is 14.9. The molecule has 1 aromatic rings. The Balaban J connectivity index is 2.81. The molecular weight excluding hydrogens is 208 g/mol. The van der Waals surface area contributed by atoms with E-state index in [1.807, 2.05) is 6.92 Å². The molecule has 96 valence electrons. The molecule has 0 aliphatic rings. The standard InChI is InChI=1S/C15H26N2/c1-6-16-15(10-7-11(2)3)14-9-8-12(4)17-13(14)5/h8-9,11,15-16H,6-7,10H2,1-5H3. The summed E-state index contributed by atoms with van der Waals surface area (Å²) in [5.74, 6) is 0.759. The van der Waals surface area contributed by atoms with Crippen molar-refractivity contribution in [3.8, 4) is 0 Å². The Morgan fingerprint density at radius 2 is 1.88 bits per heavy atom. The number of nitrogens with zero attached hydrogens (tertiary/aromatic N) is 1. The minimum absolute atomic E-state index is 0.454. The van der Waals surface area contributed by atoms with Gasteiger partial charge in [0.2, 0.25) is 0 Å². The normalized spacial score (nSPS) is 13.1. The van der Waals surface area contributed by atoms with Crippen molar-refractivity contribution in [2.45, 2.75) is 53.5 Å². The molecule has 0 amide bonds. The van der Waals surface area contributed by atoms with E-state index in [9.17, 15) is 0 Å². The first kappa shape index (κ1) is 14.2. The van der Waals surface area contributed by atoms with E-state index in [1.54, 1.807) is 0 Å². The van der Waals surface area contributed by atoms with Gasteiger partial charge in [-0.2, -0.15) is 0 Å². The minimum Gasteiger partial charge on any atom is -0.310 e. The number of rotatable bonds is 6. The van der Waals surface area contributed by atoms with Gasteiger partial charge in [0.15, 0.2) is 0 Å². The Labute approximate surface area is 106 Å². The smallest absolute Gasteiger partial charge is 0.0423 e. The van der Waals surface area contributed by atoms with E-state index in [2.05, 4.69) is 50.1 Å². The molecule has 2 nitrogen and oxygen atoms in total. The van der Waals surface area contributed by atoms with Crippen molar-refractivity contribution >= 4 is 0 Å². The first-order valence-electron chi connectivity index (χ1n) is 6.72. The van der Waals surface area contributed by atoms with Crippen molar-refractivity contribution < 1.29 is 0 Å². The molecule has 1 rings (SSSR count). The van der Waals surface area contributed by atoms with Crippen LogP contribution in [-0.4, -0.2) is 11.5 Å². The van der Waals surface area contributed by atoms with Crippen molar-refractivity contribution in [3.05, 3.63) is 29.1 Å². The fourth-order valence-electron chi connectivity index (χ4n) is 2.18. The summed E-state index contributed by atoms with van der Waals surface area (Å²) < 4.78 is 0. The van der Waals surface area contributed by atoms with E-state index in [1.165, 1.54) is 24.1 Å². The Morgan fingerprint density at radius 1 is 1.18 bits per heavy atom. The summed E-state index contributed by atoms with van der Waals surface area (Å²) in [6.07, 6.45) is 2.45. The van der Waals surface area contributed by atoms with Gasteiger partial charge in [-0.05, 0) is 50.8 Å². The number of aryl methyl sites for hydroxylation is 2. The van der Waals surface area contributed by atoms with Crippen LogP contribution in [0.5, 0.6) is 0 Å². The summed E-state index contributed by atoms with van der Waals surface area (Å²) in [7, 11) is 0.